The van der Waals surface area contributed by atoms with Gasteiger partial charge in [0.25, 0.3) is 0 Å². The van der Waals surface area contributed by atoms with Crippen LogP contribution in [-0.2, 0) is 9.59 Å². The number of amides is 1. The van der Waals surface area contributed by atoms with Crippen LogP contribution in [0.4, 0.5) is 0 Å². The van der Waals surface area contributed by atoms with Gasteiger partial charge in [0.2, 0.25) is 5.91 Å². The lowest BCUT2D eigenvalue weighted by molar-refractivity contribution is -0.141. The van der Waals surface area contributed by atoms with E-state index in [0.717, 1.165) is 0 Å². The summed E-state index contributed by atoms with van der Waals surface area (Å²) in [5.74, 6) is -0.704. The Morgan fingerprint density at radius 1 is 1.35 bits per heavy atom. The van der Waals surface area contributed by atoms with E-state index in [2.05, 4.69) is 5.32 Å². The van der Waals surface area contributed by atoms with Crippen molar-refractivity contribution in [2.75, 3.05) is 6.61 Å². The standard InChI is InChI=1S/C12H15NO4/c1-9(12(15)16)13-11(14)7-8-17-10-5-3-2-4-6-10/h2-6,9H,7-8H2,1H3,(H,13,14)(H,15,16)/t9-/m1/s1. The molecule has 0 aliphatic heterocycles. The molecule has 0 bridgehead atoms. The van der Waals surface area contributed by atoms with E-state index in [9.17, 15) is 9.59 Å². The highest BCUT2D eigenvalue weighted by Gasteiger charge is 2.13. The van der Waals surface area contributed by atoms with Gasteiger partial charge < -0.3 is 15.2 Å². The SMILES string of the molecule is C[C@@H](NC(=O)CCOc1ccccc1)C(=O)O. The number of carbonyl (C=O) groups is 2. The molecule has 1 aromatic rings. The first-order chi connectivity index (χ1) is 8.09. The second-order valence-corrected chi connectivity index (χ2v) is 3.54. The van der Waals surface area contributed by atoms with Crippen molar-refractivity contribution < 1.29 is 19.4 Å². The van der Waals surface area contributed by atoms with Crippen LogP contribution >= 0.6 is 0 Å². The third-order valence-corrected chi connectivity index (χ3v) is 2.09. The van der Waals surface area contributed by atoms with Crippen LogP contribution in [0.25, 0.3) is 0 Å². The Labute approximate surface area is 99.4 Å². The highest BCUT2D eigenvalue weighted by atomic mass is 16.5. The van der Waals surface area contributed by atoms with E-state index in [4.69, 9.17) is 9.84 Å². The van der Waals surface area contributed by atoms with Gasteiger partial charge in [0.1, 0.15) is 11.8 Å². The van der Waals surface area contributed by atoms with Gasteiger partial charge >= 0.3 is 5.97 Å². The molecule has 5 heteroatoms. The van der Waals surface area contributed by atoms with Crippen molar-refractivity contribution in [2.24, 2.45) is 0 Å². The first kappa shape index (κ1) is 13.0. The third kappa shape index (κ3) is 5.01. The lowest BCUT2D eigenvalue weighted by atomic mass is 10.3. The lowest BCUT2D eigenvalue weighted by Crippen LogP contribution is -2.38. The second-order valence-electron chi connectivity index (χ2n) is 3.54. The molecule has 0 heterocycles. The van der Waals surface area contributed by atoms with Gasteiger partial charge in [-0.1, -0.05) is 18.2 Å². The van der Waals surface area contributed by atoms with E-state index >= 15 is 0 Å². The number of hydrogen-bond acceptors (Lipinski definition) is 3. The van der Waals surface area contributed by atoms with Crippen LogP contribution in [0.1, 0.15) is 13.3 Å². The molecular formula is C12H15NO4. The number of benzene rings is 1. The fraction of sp³-hybridized carbons (Fsp3) is 0.333. The average Bonchev–Trinajstić information content (AvgIpc) is 2.30. The van der Waals surface area contributed by atoms with Crippen molar-refractivity contribution in [2.45, 2.75) is 19.4 Å². The zero-order valence-electron chi connectivity index (χ0n) is 9.55. The van der Waals surface area contributed by atoms with Crippen molar-refractivity contribution in [3.8, 4) is 5.75 Å². The third-order valence-electron chi connectivity index (χ3n) is 2.09. The zero-order chi connectivity index (χ0) is 12.7. The number of carbonyl (C=O) groups excluding carboxylic acids is 1. The van der Waals surface area contributed by atoms with Crippen molar-refractivity contribution in [3.05, 3.63) is 30.3 Å². The first-order valence-electron chi connectivity index (χ1n) is 5.29. The minimum Gasteiger partial charge on any atom is -0.493 e. The Balaban J connectivity index is 2.23. The van der Waals surface area contributed by atoms with E-state index in [1.807, 2.05) is 18.2 Å². The maximum absolute atomic E-state index is 11.3. The highest BCUT2D eigenvalue weighted by Crippen LogP contribution is 2.08. The van der Waals surface area contributed by atoms with Crippen LogP contribution in [0.2, 0.25) is 0 Å². The number of carboxylic acids is 1. The predicted octanol–water partition coefficient (Wildman–Crippen LogP) is 1.04. The molecule has 0 aliphatic carbocycles. The van der Waals surface area contributed by atoms with Crippen molar-refractivity contribution >= 4 is 11.9 Å². The van der Waals surface area contributed by atoms with E-state index in [1.54, 1.807) is 12.1 Å². The van der Waals surface area contributed by atoms with Crippen LogP contribution in [-0.4, -0.2) is 29.6 Å². The number of carboxylic acid groups (broad SMARTS) is 1. The molecule has 0 saturated carbocycles. The Bertz CT molecular complexity index is 377. The zero-order valence-corrected chi connectivity index (χ0v) is 9.55. The van der Waals surface area contributed by atoms with Gasteiger partial charge in [-0.25, -0.2) is 0 Å². The highest BCUT2D eigenvalue weighted by molar-refractivity contribution is 5.83. The van der Waals surface area contributed by atoms with Gasteiger partial charge in [-0.15, -0.1) is 0 Å². The largest absolute Gasteiger partial charge is 0.493 e. The fourth-order valence-corrected chi connectivity index (χ4v) is 1.15. The minimum atomic E-state index is -1.05. The van der Waals surface area contributed by atoms with Gasteiger partial charge in [0.05, 0.1) is 13.0 Å². The predicted molar refractivity (Wildman–Crippen MR) is 61.8 cm³/mol. The summed E-state index contributed by atoms with van der Waals surface area (Å²) < 4.78 is 5.31. The molecule has 0 saturated heterocycles. The molecule has 0 radical (unpaired) electrons. The lowest BCUT2D eigenvalue weighted by Gasteiger charge is -2.09. The summed E-state index contributed by atoms with van der Waals surface area (Å²) in [7, 11) is 0. The van der Waals surface area contributed by atoms with Crippen molar-refractivity contribution in [1.82, 2.24) is 5.32 Å². The summed E-state index contributed by atoms with van der Waals surface area (Å²) in [6.07, 6.45) is 0.131. The Morgan fingerprint density at radius 2 is 2.00 bits per heavy atom. The molecule has 0 aliphatic rings. The van der Waals surface area contributed by atoms with Gasteiger partial charge in [0, 0.05) is 0 Å². The topological polar surface area (TPSA) is 75.6 Å². The fourth-order valence-electron chi connectivity index (χ4n) is 1.15. The van der Waals surface area contributed by atoms with Gasteiger partial charge in [0.15, 0.2) is 0 Å². The molecule has 1 atom stereocenters. The number of aliphatic carboxylic acids is 1. The van der Waals surface area contributed by atoms with Crippen LogP contribution in [0.15, 0.2) is 30.3 Å². The molecule has 5 nitrogen and oxygen atoms in total. The molecule has 0 aromatic heterocycles. The molecule has 1 aromatic carbocycles. The summed E-state index contributed by atoms with van der Waals surface area (Å²) in [5, 5.41) is 10.9. The Morgan fingerprint density at radius 3 is 2.59 bits per heavy atom. The molecule has 1 amide bonds. The molecule has 0 fully saturated rings. The Hall–Kier alpha value is -2.04. The number of ether oxygens (including phenoxy) is 1. The smallest absolute Gasteiger partial charge is 0.325 e. The number of nitrogens with one attached hydrogen (secondary N) is 1. The molecule has 92 valence electrons. The molecule has 2 N–H and O–H groups in total. The van der Waals surface area contributed by atoms with Crippen LogP contribution in [0, 0.1) is 0 Å². The quantitative estimate of drug-likeness (QED) is 0.775. The van der Waals surface area contributed by atoms with Crippen molar-refractivity contribution in [1.29, 1.82) is 0 Å². The van der Waals surface area contributed by atoms with Crippen LogP contribution in [0.5, 0.6) is 5.75 Å². The summed E-state index contributed by atoms with van der Waals surface area (Å²) in [6, 6.07) is 8.24. The molecule has 0 unspecified atom stereocenters. The van der Waals surface area contributed by atoms with Crippen LogP contribution < -0.4 is 10.1 Å². The summed E-state index contributed by atoms with van der Waals surface area (Å²) in [4.78, 5) is 21.8. The summed E-state index contributed by atoms with van der Waals surface area (Å²) >= 11 is 0. The molecular weight excluding hydrogens is 222 g/mol. The Kier molecular flexibility index (Phi) is 5.00. The van der Waals surface area contributed by atoms with E-state index in [-0.39, 0.29) is 18.9 Å². The molecule has 1 rings (SSSR count). The maximum atomic E-state index is 11.3. The number of para-hydroxylation sites is 1. The van der Waals surface area contributed by atoms with E-state index in [0.29, 0.717) is 5.75 Å². The minimum absolute atomic E-state index is 0.131. The monoisotopic (exact) mass is 237 g/mol. The maximum Gasteiger partial charge on any atom is 0.325 e. The second kappa shape index (κ2) is 6.52. The summed E-state index contributed by atoms with van der Waals surface area (Å²) in [5.41, 5.74) is 0. The molecule has 0 spiro atoms. The number of rotatable bonds is 6. The first-order valence-corrected chi connectivity index (χ1v) is 5.29. The van der Waals surface area contributed by atoms with Gasteiger partial charge in [-0.2, -0.15) is 0 Å². The van der Waals surface area contributed by atoms with E-state index < -0.39 is 12.0 Å². The number of hydrogen-bond donors (Lipinski definition) is 2. The van der Waals surface area contributed by atoms with Gasteiger partial charge in [-0.05, 0) is 19.1 Å². The summed E-state index contributed by atoms with van der Waals surface area (Å²) in [6.45, 7) is 1.64. The van der Waals surface area contributed by atoms with E-state index in [1.165, 1.54) is 6.92 Å². The van der Waals surface area contributed by atoms with Crippen LogP contribution in [0.3, 0.4) is 0 Å². The molecule has 17 heavy (non-hydrogen) atoms. The average molecular weight is 237 g/mol. The van der Waals surface area contributed by atoms with Gasteiger partial charge in [-0.3, -0.25) is 9.59 Å². The van der Waals surface area contributed by atoms with Crippen molar-refractivity contribution in [3.63, 3.8) is 0 Å². The normalized spacial score (nSPS) is 11.6.